The molecule has 6 heteroatoms. The van der Waals surface area contributed by atoms with E-state index in [4.69, 9.17) is 9.47 Å². The largest absolute Gasteiger partial charge is 0.466 e. The summed E-state index contributed by atoms with van der Waals surface area (Å²) in [5, 5.41) is 2.39. The molecule has 0 radical (unpaired) electrons. The number of halogens is 1. The van der Waals surface area contributed by atoms with E-state index >= 15 is 0 Å². The highest BCUT2D eigenvalue weighted by Crippen LogP contribution is 2.30. The van der Waals surface area contributed by atoms with Crippen molar-refractivity contribution in [1.29, 1.82) is 0 Å². The molecule has 0 heterocycles. The summed E-state index contributed by atoms with van der Waals surface area (Å²) >= 11 is 0. The van der Waals surface area contributed by atoms with Gasteiger partial charge in [0, 0.05) is 11.1 Å². The summed E-state index contributed by atoms with van der Waals surface area (Å²) in [6, 6.07) is 3.06. The van der Waals surface area contributed by atoms with Gasteiger partial charge >= 0.3 is 12.1 Å². The smallest absolute Gasteiger partial charge is 0.412 e. The van der Waals surface area contributed by atoms with Crippen LogP contribution in [-0.4, -0.2) is 24.3 Å². The fraction of sp³-hybridized carbons (Fsp3) is 0.444. The second kappa shape index (κ2) is 7.95. The fourth-order valence-corrected chi connectivity index (χ4v) is 2.04. The first kappa shape index (κ1) is 19.7. The maximum absolute atomic E-state index is 14.8. The molecule has 1 aromatic carbocycles. The van der Waals surface area contributed by atoms with Gasteiger partial charge in [0.2, 0.25) is 0 Å². The van der Waals surface area contributed by atoms with Gasteiger partial charge in [0.05, 0.1) is 18.2 Å². The van der Waals surface area contributed by atoms with E-state index in [9.17, 15) is 14.0 Å². The maximum Gasteiger partial charge on any atom is 0.412 e. The highest BCUT2D eigenvalue weighted by molar-refractivity contribution is 5.89. The van der Waals surface area contributed by atoms with Gasteiger partial charge in [-0.2, -0.15) is 0 Å². The van der Waals surface area contributed by atoms with Crippen molar-refractivity contribution in [2.24, 2.45) is 0 Å². The van der Waals surface area contributed by atoms with E-state index in [2.05, 4.69) is 11.9 Å². The average molecular weight is 337 g/mol. The molecule has 0 saturated carbocycles. The molecule has 0 bridgehead atoms. The monoisotopic (exact) mass is 337 g/mol. The van der Waals surface area contributed by atoms with Crippen molar-refractivity contribution in [3.8, 4) is 0 Å². The van der Waals surface area contributed by atoms with E-state index in [1.165, 1.54) is 12.1 Å². The Kier molecular flexibility index (Phi) is 6.51. The third kappa shape index (κ3) is 5.08. The summed E-state index contributed by atoms with van der Waals surface area (Å²) < 4.78 is 24.9. The summed E-state index contributed by atoms with van der Waals surface area (Å²) in [4.78, 5) is 23.8. The second-order valence-corrected chi connectivity index (χ2v) is 6.24. The van der Waals surface area contributed by atoms with Crippen LogP contribution in [0.1, 0.15) is 51.7 Å². The van der Waals surface area contributed by atoms with E-state index in [1.807, 2.05) is 0 Å². The lowest BCUT2D eigenvalue weighted by atomic mass is 9.97. The van der Waals surface area contributed by atoms with Gasteiger partial charge in [-0.1, -0.05) is 24.8 Å². The van der Waals surface area contributed by atoms with Gasteiger partial charge < -0.3 is 9.47 Å². The van der Waals surface area contributed by atoms with Crippen molar-refractivity contribution in [2.75, 3.05) is 11.9 Å². The summed E-state index contributed by atoms with van der Waals surface area (Å²) in [5.74, 6) is -2.05. The van der Waals surface area contributed by atoms with Gasteiger partial charge in [0.25, 0.3) is 0 Å². The van der Waals surface area contributed by atoms with Crippen LogP contribution in [0, 0.1) is 5.82 Å². The Bertz CT molecular complexity index is 635. The minimum absolute atomic E-state index is 0.0760. The summed E-state index contributed by atoms with van der Waals surface area (Å²) in [6.07, 6.45) is 0.625. The molecule has 0 aliphatic rings. The van der Waals surface area contributed by atoms with Gasteiger partial charge in [-0.05, 0) is 34.6 Å². The zero-order valence-electron chi connectivity index (χ0n) is 14.7. The Morgan fingerprint density at radius 2 is 2.00 bits per heavy atom. The number of rotatable bonds is 5. The van der Waals surface area contributed by atoms with Crippen LogP contribution >= 0.6 is 0 Å². The van der Waals surface area contributed by atoms with Gasteiger partial charge in [0.1, 0.15) is 5.60 Å². The highest BCUT2D eigenvalue weighted by Gasteiger charge is 2.25. The normalized spacial score (nSPS) is 12.2. The maximum atomic E-state index is 14.8. The van der Waals surface area contributed by atoms with Crippen molar-refractivity contribution in [3.05, 3.63) is 35.7 Å². The fourth-order valence-electron chi connectivity index (χ4n) is 2.04. The number of hydrogen-bond donors (Lipinski definition) is 1. The molecule has 1 N–H and O–H groups in total. The second-order valence-electron chi connectivity index (χ2n) is 6.24. The number of esters is 1. The lowest BCUT2D eigenvalue weighted by molar-refractivity contribution is -0.144. The number of carbonyl (C=O) groups excluding carboxylic acids is 2. The zero-order valence-corrected chi connectivity index (χ0v) is 14.7. The summed E-state index contributed by atoms with van der Waals surface area (Å²) in [7, 11) is 0. The predicted octanol–water partition coefficient (Wildman–Crippen LogP) is 4.48. The molecule has 1 amide bonds. The number of benzene rings is 1. The lowest BCUT2D eigenvalue weighted by Gasteiger charge is -2.21. The van der Waals surface area contributed by atoms with Crippen LogP contribution in [-0.2, 0) is 14.3 Å². The molecule has 0 aliphatic carbocycles. The van der Waals surface area contributed by atoms with Crippen molar-refractivity contribution in [1.82, 2.24) is 0 Å². The van der Waals surface area contributed by atoms with Crippen molar-refractivity contribution in [2.45, 2.75) is 46.1 Å². The molecule has 0 aliphatic heterocycles. The molecule has 5 nitrogen and oxygen atoms in total. The molecule has 0 saturated heterocycles. The standard InChI is InChI=1S/C18H24FNO4/c1-7-12-9-10-13(11(3)16(21)23-8-2)14(19)15(12)20-17(22)24-18(4,5)6/h7,9-11H,1,8H2,2-6H3,(H,20,22). The molecule has 1 aromatic rings. The van der Waals surface area contributed by atoms with Gasteiger partial charge in [-0.25, -0.2) is 9.18 Å². The quantitative estimate of drug-likeness (QED) is 0.805. The van der Waals surface area contributed by atoms with Crippen molar-refractivity contribution < 1.29 is 23.5 Å². The van der Waals surface area contributed by atoms with Crippen molar-refractivity contribution in [3.63, 3.8) is 0 Å². The van der Waals surface area contributed by atoms with Gasteiger partial charge in [0.15, 0.2) is 5.82 Å². The third-order valence-electron chi connectivity index (χ3n) is 3.16. The van der Waals surface area contributed by atoms with E-state index in [1.54, 1.807) is 40.7 Å². The zero-order chi connectivity index (χ0) is 18.5. The number of carbonyl (C=O) groups is 2. The van der Waals surface area contributed by atoms with Crippen LogP contribution in [0.4, 0.5) is 14.9 Å². The van der Waals surface area contributed by atoms with E-state index in [0.29, 0.717) is 5.56 Å². The number of nitrogens with one attached hydrogen (secondary N) is 1. The molecule has 0 fully saturated rings. The Hall–Kier alpha value is -2.37. The Labute approximate surface area is 141 Å². The Morgan fingerprint density at radius 1 is 1.38 bits per heavy atom. The first-order chi connectivity index (χ1) is 11.1. The van der Waals surface area contributed by atoms with E-state index in [0.717, 1.165) is 0 Å². The molecule has 1 rings (SSSR count). The molecule has 132 valence electrons. The summed E-state index contributed by atoms with van der Waals surface area (Å²) in [6.45, 7) is 12.1. The molecule has 0 spiro atoms. The van der Waals surface area contributed by atoms with Gasteiger partial charge in [-0.15, -0.1) is 0 Å². The number of hydrogen-bond acceptors (Lipinski definition) is 4. The van der Waals surface area contributed by atoms with Crippen LogP contribution in [0.2, 0.25) is 0 Å². The third-order valence-corrected chi connectivity index (χ3v) is 3.16. The molecule has 0 aromatic heterocycles. The SMILES string of the molecule is C=Cc1ccc(C(C)C(=O)OCC)c(F)c1NC(=O)OC(C)(C)C. The number of anilines is 1. The molecular formula is C18H24FNO4. The summed E-state index contributed by atoms with van der Waals surface area (Å²) in [5.41, 5.74) is -0.277. The Balaban J connectivity index is 3.19. The van der Waals surface area contributed by atoms with Crippen LogP contribution in [0.25, 0.3) is 6.08 Å². The Morgan fingerprint density at radius 3 is 2.50 bits per heavy atom. The van der Waals surface area contributed by atoms with Crippen molar-refractivity contribution >= 4 is 23.8 Å². The highest BCUT2D eigenvalue weighted by atomic mass is 19.1. The van der Waals surface area contributed by atoms with Crippen LogP contribution in [0.3, 0.4) is 0 Å². The van der Waals surface area contributed by atoms with Crippen LogP contribution < -0.4 is 5.32 Å². The van der Waals surface area contributed by atoms with E-state index in [-0.39, 0.29) is 17.9 Å². The van der Waals surface area contributed by atoms with Crippen LogP contribution in [0.5, 0.6) is 0 Å². The minimum Gasteiger partial charge on any atom is -0.466 e. The molecule has 1 atom stereocenters. The van der Waals surface area contributed by atoms with E-state index < -0.39 is 29.4 Å². The molecular weight excluding hydrogens is 313 g/mol. The topological polar surface area (TPSA) is 64.6 Å². The minimum atomic E-state index is -0.803. The number of ether oxygens (including phenoxy) is 2. The number of amides is 1. The van der Waals surface area contributed by atoms with Crippen LogP contribution in [0.15, 0.2) is 18.7 Å². The lowest BCUT2D eigenvalue weighted by Crippen LogP contribution is -2.28. The molecule has 24 heavy (non-hydrogen) atoms. The predicted molar refractivity (Wildman–Crippen MR) is 91.4 cm³/mol. The van der Waals surface area contributed by atoms with Gasteiger partial charge in [-0.3, -0.25) is 10.1 Å². The average Bonchev–Trinajstić information content (AvgIpc) is 2.47. The first-order valence-electron chi connectivity index (χ1n) is 7.72. The first-order valence-corrected chi connectivity index (χ1v) is 7.72. The molecule has 1 unspecified atom stereocenters.